The van der Waals surface area contributed by atoms with Crippen molar-refractivity contribution in [3.63, 3.8) is 0 Å². The summed E-state index contributed by atoms with van der Waals surface area (Å²) in [5.41, 5.74) is 3.64. The highest BCUT2D eigenvalue weighted by Gasteiger charge is 2.29. The van der Waals surface area contributed by atoms with Crippen molar-refractivity contribution >= 4 is 0 Å². The zero-order valence-electron chi connectivity index (χ0n) is 12.0. The summed E-state index contributed by atoms with van der Waals surface area (Å²) < 4.78 is 11.6. The van der Waals surface area contributed by atoms with Gasteiger partial charge in [-0.3, -0.25) is 0 Å². The summed E-state index contributed by atoms with van der Waals surface area (Å²) in [7, 11) is 0. The number of hydrogen-bond acceptors (Lipinski definition) is 2. The summed E-state index contributed by atoms with van der Waals surface area (Å²) in [6.45, 7) is 5.78. The average Bonchev–Trinajstić information content (AvgIpc) is 2.48. The molecule has 3 rings (SSSR count). The Hall–Kier alpha value is -1.64. The largest absolute Gasteiger partial charge is 0.348 e. The van der Waals surface area contributed by atoms with E-state index in [1.165, 1.54) is 11.1 Å². The Kier molecular flexibility index (Phi) is 3.60. The number of hydrogen-bond donors (Lipinski definition) is 0. The first kappa shape index (κ1) is 13.3. The average molecular weight is 268 g/mol. The normalized spacial score (nSPS) is 18.9. The van der Waals surface area contributed by atoms with E-state index in [4.69, 9.17) is 9.47 Å². The lowest BCUT2D eigenvalue weighted by molar-refractivity contribution is -0.226. The SMILES string of the molecule is CC1(C)COC(c2ccc(-c3ccccc3)cc2)OC1. The Balaban J connectivity index is 1.74. The molecule has 2 nitrogen and oxygen atoms in total. The van der Waals surface area contributed by atoms with E-state index in [2.05, 4.69) is 62.4 Å². The second-order valence-electron chi connectivity index (χ2n) is 6.11. The fourth-order valence-electron chi connectivity index (χ4n) is 2.35. The van der Waals surface area contributed by atoms with Gasteiger partial charge in [0.15, 0.2) is 6.29 Å². The molecule has 1 heterocycles. The van der Waals surface area contributed by atoms with E-state index in [9.17, 15) is 0 Å². The van der Waals surface area contributed by atoms with Crippen molar-refractivity contribution in [3.8, 4) is 11.1 Å². The molecular weight excluding hydrogens is 248 g/mol. The molecule has 20 heavy (non-hydrogen) atoms. The first-order chi connectivity index (χ1) is 9.64. The van der Waals surface area contributed by atoms with Crippen molar-refractivity contribution in [2.45, 2.75) is 20.1 Å². The molecule has 0 bridgehead atoms. The molecule has 0 radical (unpaired) electrons. The molecule has 0 saturated carbocycles. The van der Waals surface area contributed by atoms with E-state index < -0.39 is 0 Å². The van der Waals surface area contributed by atoms with Gasteiger partial charge in [0.05, 0.1) is 13.2 Å². The van der Waals surface area contributed by atoms with Crippen LogP contribution in [-0.4, -0.2) is 13.2 Å². The van der Waals surface area contributed by atoms with E-state index >= 15 is 0 Å². The van der Waals surface area contributed by atoms with Gasteiger partial charge in [0.1, 0.15) is 0 Å². The van der Waals surface area contributed by atoms with Gasteiger partial charge in [-0.15, -0.1) is 0 Å². The lowest BCUT2D eigenvalue weighted by Gasteiger charge is -2.34. The highest BCUT2D eigenvalue weighted by molar-refractivity contribution is 5.63. The van der Waals surface area contributed by atoms with Gasteiger partial charge in [-0.2, -0.15) is 0 Å². The third-order valence-corrected chi connectivity index (χ3v) is 3.54. The van der Waals surface area contributed by atoms with Crippen molar-refractivity contribution in [1.29, 1.82) is 0 Å². The van der Waals surface area contributed by atoms with Crippen molar-refractivity contribution < 1.29 is 9.47 Å². The molecule has 0 aromatic heterocycles. The summed E-state index contributed by atoms with van der Waals surface area (Å²) in [6.07, 6.45) is -0.229. The maximum atomic E-state index is 5.80. The fourth-order valence-corrected chi connectivity index (χ4v) is 2.35. The first-order valence-corrected chi connectivity index (χ1v) is 7.03. The van der Waals surface area contributed by atoms with Crippen molar-refractivity contribution in [2.24, 2.45) is 5.41 Å². The smallest absolute Gasteiger partial charge is 0.183 e. The second kappa shape index (κ2) is 5.39. The van der Waals surface area contributed by atoms with Gasteiger partial charge >= 0.3 is 0 Å². The molecular formula is C18H20O2. The third-order valence-electron chi connectivity index (χ3n) is 3.54. The minimum Gasteiger partial charge on any atom is -0.348 e. The maximum absolute atomic E-state index is 5.80. The lowest BCUT2D eigenvalue weighted by Crippen LogP contribution is -2.33. The van der Waals surface area contributed by atoms with Gasteiger partial charge in [0.2, 0.25) is 0 Å². The third kappa shape index (κ3) is 2.92. The minimum absolute atomic E-state index is 0.112. The Morgan fingerprint density at radius 3 is 1.95 bits per heavy atom. The molecule has 0 spiro atoms. The van der Waals surface area contributed by atoms with Crippen LogP contribution in [0, 0.1) is 5.41 Å². The van der Waals surface area contributed by atoms with E-state index in [1.807, 2.05) is 6.07 Å². The van der Waals surface area contributed by atoms with Gasteiger partial charge in [-0.25, -0.2) is 0 Å². The van der Waals surface area contributed by atoms with Crippen LogP contribution in [0.3, 0.4) is 0 Å². The van der Waals surface area contributed by atoms with Crippen LogP contribution in [0.2, 0.25) is 0 Å². The summed E-state index contributed by atoms with van der Waals surface area (Å²) in [5, 5.41) is 0. The Morgan fingerprint density at radius 1 is 0.800 bits per heavy atom. The number of benzene rings is 2. The lowest BCUT2D eigenvalue weighted by atomic mass is 9.95. The van der Waals surface area contributed by atoms with Crippen LogP contribution in [0.1, 0.15) is 25.7 Å². The highest BCUT2D eigenvalue weighted by atomic mass is 16.7. The standard InChI is InChI=1S/C18H20O2/c1-18(2)12-19-17(20-13-18)16-10-8-15(9-11-16)14-6-4-3-5-7-14/h3-11,17H,12-13H2,1-2H3. The Morgan fingerprint density at radius 2 is 1.35 bits per heavy atom. The fraction of sp³-hybridized carbons (Fsp3) is 0.333. The quantitative estimate of drug-likeness (QED) is 0.802. The van der Waals surface area contributed by atoms with Crippen molar-refractivity contribution in [1.82, 2.24) is 0 Å². The van der Waals surface area contributed by atoms with Crippen LogP contribution in [-0.2, 0) is 9.47 Å². The summed E-state index contributed by atoms with van der Waals surface area (Å²) in [4.78, 5) is 0. The van der Waals surface area contributed by atoms with Crippen LogP contribution >= 0.6 is 0 Å². The van der Waals surface area contributed by atoms with E-state index in [0.717, 1.165) is 18.8 Å². The zero-order valence-corrected chi connectivity index (χ0v) is 12.0. The van der Waals surface area contributed by atoms with Crippen LogP contribution in [0.4, 0.5) is 0 Å². The molecule has 0 atom stereocenters. The second-order valence-corrected chi connectivity index (χ2v) is 6.11. The van der Waals surface area contributed by atoms with Gasteiger partial charge in [-0.1, -0.05) is 68.4 Å². The van der Waals surface area contributed by atoms with Crippen LogP contribution in [0.5, 0.6) is 0 Å². The molecule has 1 aliphatic rings. The highest BCUT2D eigenvalue weighted by Crippen LogP contribution is 2.31. The number of rotatable bonds is 2. The molecule has 0 aliphatic carbocycles. The van der Waals surface area contributed by atoms with E-state index in [1.54, 1.807) is 0 Å². The minimum atomic E-state index is -0.229. The number of ether oxygens (including phenoxy) is 2. The van der Waals surface area contributed by atoms with Crippen LogP contribution in [0.15, 0.2) is 54.6 Å². The molecule has 0 N–H and O–H groups in total. The molecule has 1 saturated heterocycles. The molecule has 2 heteroatoms. The summed E-state index contributed by atoms with van der Waals surface area (Å²) >= 11 is 0. The molecule has 1 aliphatic heterocycles. The first-order valence-electron chi connectivity index (χ1n) is 7.03. The Bertz CT molecular complexity index is 548. The molecule has 104 valence electrons. The van der Waals surface area contributed by atoms with E-state index in [-0.39, 0.29) is 11.7 Å². The van der Waals surface area contributed by atoms with Crippen LogP contribution in [0.25, 0.3) is 11.1 Å². The summed E-state index contributed by atoms with van der Waals surface area (Å²) in [6, 6.07) is 18.8. The molecule has 0 unspecified atom stereocenters. The molecule has 2 aromatic carbocycles. The Labute approximate surface area is 120 Å². The zero-order chi connectivity index (χ0) is 14.0. The molecule has 0 amide bonds. The van der Waals surface area contributed by atoms with Crippen molar-refractivity contribution in [2.75, 3.05) is 13.2 Å². The predicted molar refractivity (Wildman–Crippen MR) is 80.3 cm³/mol. The molecule has 2 aromatic rings. The summed E-state index contributed by atoms with van der Waals surface area (Å²) in [5.74, 6) is 0. The van der Waals surface area contributed by atoms with Gasteiger partial charge < -0.3 is 9.47 Å². The molecule has 1 fully saturated rings. The van der Waals surface area contributed by atoms with Gasteiger partial charge in [0, 0.05) is 11.0 Å². The monoisotopic (exact) mass is 268 g/mol. The van der Waals surface area contributed by atoms with E-state index in [0.29, 0.717) is 0 Å². The van der Waals surface area contributed by atoms with Crippen LogP contribution < -0.4 is 0 Å². The maximum Gasteiger partial charge on any atom is 0.183 e. The van der Waals surface area contributed by atoms with Gasteiger partial charge in [-0.05, 0) is 11.1 Å². The predicted octanol–water partition coefficient (Wildman–Crippen LogP) is 4.43. The van der Waals surface area contributed by atoms with Gasteiger partial charge in [0.25, 0.3) is 0 Å². The topological polar surface area (TPSA) is 18.5 Å². The van der Waals surface area contributed by atoms with Crippen molar-refractivity contribution in [3.05, 3.63) is 60.2 Å².